The van der Waals surface area contributed by atoms with Crippen molar-refractivity contribution in [1.82, 2.24) is 15.1 Å². The van der Waals surface area contributed by atoms with Gasteiger partial charge in [0, 0.05) is 16.0 Å². The van der Waals surface area contributed by atoms with Gasteiger partial charge in [0.15, 0.2) is 0 Å². The van der Waals surface area contributed by atoms with Crippen LogP contribution in [0.4, 0.5) is 5.00 Å². The number of fused-ring (bicyclic) bond motifs is 1. The quantitative estimate of drug-likeness (QED) is 0.626. The molecule has 168 valence electrons. The first-order chi connectivity index (χ1) is 14.4. The maximum Gasteiger partial charge on any atom is 0.341 e. The highest BCUT2D eigenvalue weighted by Crippen LogP contribution is 2.45. The van der Waals surface area contributed by atoms with Crippen molar-refractivity contribution in [3.63, 3.8) is 0 Å². The lowest BCUT2D eigenvalue weighted by atomic mass is 9.81. The number of aromatic nitrogens is 2. The minimum atomic E-state index is -0.674. The number of carbonyl (C=O) groups is 2. The van der Waals surface area contributed by atoms with Gasteiger partial charge in [-0.05, 0) is 46.6 Å². The summed E-state index contributed by atoms with van der Waals surface area (Å²) in [5, 5.41) is 10.4. The molecule has 8 nitrogen and oxygen atoms in total. The number of thiophene rings is 1. The largest absolute Gasteiger partial charge is 0.462 e. The molecule has 0 saturated heterocycles. The Morgan fingerprint density at radius 1 is 1.32 bits per heavy atom. The highest BCUT2D eigenvalue weighted by atomic mass is 35.5. The Kier molecular flexibility index (Phi) is 6.53. The van der Waals surface area contributed by atoms with Crippen LogP contribution in [-0.2, 0) is 28.0 Å². The van der Waals surface area contributed by atoms with Crippen molar-refractivity contribution >= 4 is 51.4 Å². The Balaban J connectivity index is 1.99. The van der Waals surface area contributed by atoms with Gasteiger partial charge in [-0.15, -0.1) is 11.3 Å². The summed E-state index contributed by atoms with van der Waals surface area (Å²) >= 11 is 13.0. The lowest BCUT2D eigenvalue weighted by Gasteiger charge is -2.42. The SMILES string of the molecule is CCOC(=O)c1c(NC(=O)Cn2ncc(Cl)c(Cl)c2=O)sc2c1CC(C)(C)NC2(C)C. The predicted octanol–water partition coefficient (Wildman–Crippen LogP) is 3.59. The summed E-state index contributed by atoms with van der Waals surface area (Å²) in [7, 11) is 0. The van der Waals surface area contributed by atoms with E-state index in [4.69, 9.17) is 27.9 Å². The van der Waals surface area contributed by atoms with E-state index in [1.807, 2.05) is 13.8 Å². The molecule has 1 amide bonds. The van der Waals surface area contributed by atoms with Crippen LogP contribution < -0.4 is 16.2 Å². The third-order valence-corrected chi connectivity index (χ3v) is 7.03. The van der Waals surface area contributed by atoms with Crippen molar-refractivity contribution in [2.75, 3.05) is 11.9 Å². The minimum absolute atomic E-state index is 0.0104. The average molecular weight is 487 g/mol. The third kappa shape index (κ3) is 4.79. The first kappa shape index (κ1) is 23.7. The Hall–Kier alpha value is -1.94. The van der Waals surface area contributed by atoms with Gasteiger partial charge in [0.2, 0.25) is 5.91 Å². The van der Waals surface area contributed by atoms with Crippen LogP contribution in [0.15, 0.2) is 11.0 Å². The second kappa shape index (κ2) is 8.54. The van der Waals surface area contributed by atoms with Crippen LogP contribution in [-0.4, -0.2) is 33.8 Å². The highest BCUT2D eigenvalue weighted by molar-refractivity contribution is 7.17. The number of ether oxygens (including phenoxy) is 1. The molecule has 2 aromatic heterocycles. The molecule has 0 unspecified atom stereocenters. The number of anilines is 1. The summed E-state index contributed by atoms with van der Waals surface area (Å²) in [6.07, 6.45) is 1.79. The van der Waals surface area contributed by atoms with Gasteiger partial charge in [-0.2, -0.15) is 5.10 Å². The Morgan fingerprint density at radius 2 is 2.00 bits per heavy atom. The van der Waals surface area contributed by atoms with Crippen molar-refractivity contribution in [1.29, 1.82) is 0 Å². The van der Waals surface area contributed by atoms with Crippen molar-refractivity contribution in [2.24, 2.45) is 0 Å². The van der Waals surface area contributed by atoms with Gasteiger partial charge in [0.25, 0.3) is 5.56 Å². The summed E-state index contributed by atoms with van der Waals surface area (Å²) in [4.78, 5) is 38.7. The molecule has 0 fully saturated rings. The second-order valence-corrected chi connectivity index (χ2v) is 10.3. The van der Waals surface area contributed by atoms with Crippen LogP contribution in [0.3, 0.4) is 0 Å². The molecular formula is C20H24Cl2N4O4S. The lowest BCUT2D eigenvalue weighted by Crippen LogP contribution is -2.55. The van der Waals surface area contributed by atoms with Gasteiger partial charge in [-0.25, -0.2) is 9.48 Å². The van der Waals surface area contributed by atoms with Crippen LogP contribution in [0.1, 0.15) is 55.4 Å². The monoisotopic (exact) mass is 486 g/mol. The second-order valence-electron chi connectivity index (χ2n) is 8.46. The van der Waals surface area contributed by atoms with Crippen LogP contribution in [0.2, 0.25) is 10.0 Å². The minimum Gasteiger partial charge on any atom is -0.462 e. The molecule has 11 heteroatoms. The number of carbonyl (C=O) groups excluding carboxylic acids is 2. The molecule has 0 atom stereocenters. The number of rotatable bonds is 5. The lowest BCUT2D eigenvalue weighted by molar-refractivity contribution is -0.117. The van der Waals surface area contributed by atoms with Crippen molar-refractivity contribution < 1.29 is 14.3 Å². The maximum atomic E-state index is 12.8. The van der Waals surface area contributed by atoms with Crippen molar-refractivity contribution in [3.05, 3.63) is 42.6 Å². The molecule has 1 aliphatic heterocycles. The molecule has 31 heavy (non-hydrogen) atoms. The number of esters is 1. The fraction of sp³-hybridized carbons (Fsp3) is 0.500. The van der Waals surface area contributed by atoms with Gasteiger partial charge in [-0.3, -0.25) is 9.59 Å². The van der Waals surface area contributed by atoms with Gasteiger partial charge >= 0.3 is 5.97 Å². The molecular weight excluding hydrogens is 463 g/mol. The Labute approximate surface area is 193 Å². The predicted molar refractivity (Wildman–Crippen MR) is 121 cm³/mol. The van der Waals surface area contributed by atoms with E-state index in [0.29, 0.717) is 17.0 Å². The third-order valence-electron chi connectivity index (χ3n) is 4.81. The summed E-state index contributed by atoms with van der Waals surface area (Å²) in [5.74, 6) is -1.02. The zero-order chi connectivity index (χ0) is 23.1. The summed E-state index contributed by atoms with van der Waals surface area (Å²) < 4.78 is 6.19. The first-order valence-corrected chi connectivity index (χ1v) is 11.3. The van der Waals surface area contributed by atoms with Crippen LogP contribution >= 0.6 is 34.5 Å². The number of hydrogen-bond donors (Lipinski definition) is 2. The molecule has 3 rings (SSSR count). The van der Waals surface area contributed by atoms with E-state index >= 15 is 0 Å². The smallest absolute Gasteiger partial charge is 0.341 e. The first-order valence-electron chi connectivity index (χ1n) is 9.70. The topological polar surface area (TPSA) is 102 Å². The van der Waals surface area contributed by atoms with Crippen LogP contribution in [0.25, 0.3) is 0 Å². The van der Waals surface area contributed by atoms with E-state index in [0.717, 1.165) is 15.1 Å². The standard InChI is InChI=1S/C20H24Cl2N4O4S/c1-6-30-18(29)13-10-7-19(2,3)25-20(4,5)15(10)31-16(13)24-12(27)9-26-17(28)14(22)11(21)8-23-26/h8,25H,6-7,9H2,1-5H3,(H,24,27). The van der Waals surface area contributed by atoms with Gasteiger partial charge < -0.3 is 15.4 Å². The van der Waals surface area contributed by atoms with Gasteiger partial charge in [0.1, 0.15) is 16.6 Å². The van der Waals surface area contributed by atoms with Crippen LogP contribution in [0, 0.1) is 0 Å². The zero-order valence-electron chi connectivity index (χ0n) is 17.9. The fourth-order valence-electron chi connectivity index (χ4n) is 3.89. The van der Waals surface area contributed by atoms with E-state index in [2.05, 4.69) is 29.6 Å². The van der Waals surface area contributed by atoms with Crippen molar-refractivity contribution in [3.8, 4) is 0 Å². The normalized spacial score (nSPS) is 16.5. The zero-order valence-corrected chi connectivity index (χ0v) is 20.2. The number of nitrogens with one attached hydrogen (secondary N) is 2. The number of halogens is 2. The Bertz CT molecular complexity index is 1110. The molecule has 0 saturated carbocycles. The fourth-order valence-corrected chi connectivity index (χ4v) is 5.45. The molecule has 2 N–H and O–H groups in total. The van der Waals surface area contributed by atoms with Gasteiger partial charge in [-0.1, -0.05) is 23.2 Å². The molecule has 0 aliphatic carbocycles. The average Bonchev–Trinajstić information content (AvgIpc) is 2.99. The van der Waals surface area contributed by atoms with Gasteiger partial charge in [0.05, 0.1) is 23.4 Å². The molecule has 0 aromatic carbocycles. The molecule has 3 heterocycles. The number of amides is 1. The number of hydrogen-bond acceptors (Lipinski definition) is 7. The molecule has 1 aliphatic rings. The van der Waals surface area contributed by atoms with E-state index in [9.17, 15) is 14.4 Å². The Morgan fingerprint density at radius 3 is 2.65 bits per heavy atom. The van der Waals surface area contributed by atoms with E-state index in [1.54, 1.807) is 6.92 Å². The molecule has 0 radical (unpaired) electrons. The number of nitrogens with zero attached hydrogens (tertiary/aromatic N) is 2. The molecule has 2 aromatic rings. The summed E-state index contributed by atoms with van der Waals surface area (Å²) in [6.45, 7) is 9.74. The van der Waals surface area contributed by atoms with E-state index in [-0.39, 0.29) is 28.7 Å². The van der Waals surface area contributed by atoms with Crippen molar-refractivity contribution in [2.45, 2.75) is 58.7 Å². The van der Waals surface area contributed by atoms with E-state index in [1.165, 1.54) is 17.5 Å². The summed E-state index contributed by atoms with van der Waals surface area (Å²) in [5.41, 5.74) is -0.122. The highest BCUT2D eigenvalue weighted by Gasteiger charge is 2.42. The maximum absolute atomic E-state index is 12.8. The summed E-state index contributed by atoms with van der Waals surface area (Å²) in [6, 6.07) is 0. The van der Waals surface area contributed by atoms with Crippen LogP contribution in [0.5, 0.6) is 0 Å². The molecule has 0 bridgehead atoms. The van der Waals surface area contributed by atoms with E-state index < -0.39 is 23.0 Å². The molecule has 0 spiro atoms.